The van der Waals surface area contributed by atoms with E-state index < -0.39 is 201 Å². The average molecular weight is 1170 g/mol. The van der Waals surface area contributed by atoms with E-state index in [9.17, 15) is 110 Å². The molecule has 0 N–H and O–H groups in total. The van der Waals surface area contributed by atoms with Crippen molar-refractivity contribution in [2.24, 2.45) is 0 Å². The first kappa shape index (κ1) is 59.4. The molecule has 0 aliphatic carbocycles. The molecule has 0 atom stereocenters. The summed E-state index contributed by atoms with van der Waals surface area (Å²) in [7, 11) is 0. The lowest BCUT2D eigenvalue weighted by Gasteiger charge is -2.46. The second kappa shape index (κ2) is 20.9. The van der Waals surface area contributed by atoms with Crippen LogP contribution in [0, 0.1) is 0 Å². The van der Waals surface area contributed by atoms with Crippen molar-refractivity contribution in [3.63, 3.8) is 0 Å². The summed E-state index contributed by atoms with van der Waals surface area (Å²) in [4.78, 5) is 15.5. The van der Waals surface area contributed by atoms with Crippen LogP contribution in [-0.4, -0.2) is 22.6 Å². The van der Waals surface area contributed by atoms with Crippen LogP contribution in [0.2, 0.25) is 0 Å². The molecule has 0 saturated heterocycles. The van der Waals surface area contributed by atoms with Crippen LogP contribution in [0.3, 0.4) is 0 Å². The number of alkyl halides is 25. The van der Waals surface area contributed by atoms with E-state index in [4.69, 9.17) is 4.74 Å². The second-order valence-corrected chi connectivity index (χ2v) is 16.3. The van der Waals surface area contributed by atoms with Gasteiger partial charge in [0.25, 0.3) is 0 Å². The van der Waals surface area contributed by atoms with Crippen LogP contribution in [0.5, 0.6) is 0 Å². The van der Waals surface area contributed by atoms with Crippen LogP contribution in [0.15, 0.2) is 122 Å². The lowest BCUT2D eigenvalue weighted by Crippen LogP contribution is -2.75. The van der Waals surface area contributed by atoms with Crippen LogP contribution >= 0.6 is 15.9 Å². The minimum absolute atomic E-state index is 0.168. The Labute approximate surface area is 412 Å². The van der Waals surface area contributed by atoms with Gasteiger partial charge < -0.3 is 4.74 Å². The molecule has 6 aromatic rings. The van der Waals surface area contributed by atoms with Crippen molar-refractivity contribution < 1.29 is 119 Å². The topological polar surface area (TPSA) is 43.1 Å². The zero-order valence-corrected chi connectivity index (χ0v) is 37.8. The summed E-state index contributed by atoms with van der Waals surface area (Å²) in [6.45, 7) is 0.692. The summed E-state index contributed by atoms with van der Waals surface area (Å²) in [6, 6.07) is 1.19. The standard InChI is InChI=1S/C32H12BF24.C13H12BrN2O2/c34-25(35,36)13-1-14(26(37,38)39)6-21(5-13)33(22-7-15(27(40,41)42)2-16(8-22)28(43,44)45,23-9-17(29(46,47)48)3-18(10-23)30(49,50)51)24-11-19(31(52,53)54)4-20(12-24)32(55,56)57;14-10-18-13(17)12-9-16(7-6-15-12)8-11-4-2-1-3-5-11/h1-12H;1-7,9H,8,10H2/q-1;+1. The van der Waals surface area contributed by atoms with Crippen LogP contribution < -0.4 is 26.4 Å². The van der Waals surface area contributed by atoms with Crippen LogP contribution in [0.4, 0.5) is 105 Å². The fourth-order valence-electron chi connectivity index (χ4n) is 7.62. The molecule has 6 rings (SSSR count). The van der Waals surface area contributed by atoms with E-state index in [0.29, 0.717) is 12.2 Å². The fraction of sp³-hybridized carbons (Fsp3) is 0.222. The van der Waals surface area contributed by atoms with Gasteiger partial charge in [-0.05, 0) is 40.2 Å². The van der Waals surface area contributed by atoms with Crippen molar-refractivity contribution in [3.05, 3.63) is 177 Å². The number of esters is 1. The largest absolute Gasteiger partial charge is 0.449 e. The minimum Gasteiger partial charge on any atom is -0.449 e. The van der Waals surface area contributed by atoms with E-state index >= 15 is 0 Å². The van der Waals surface area contributed by atoms with Crippen molar-refractivity contribution in [2.45, 2.75) is 56.0 Å². The number of aromatic nitrogens is 2. The lowest BCUT2D eigenvalue weighted by molar-refractivity contribution is -0.689. The quantitative estimate of drug-likeness (QED) is 0.0501. The highest BCUT2D eigenvalue weighted by Gasteiger charge is 2.47. The van der Waals surface area contributed by atoms with E-state index in [2.05, 4.69) is 20.9 Å². The number of carbonyl (C=O) groups excluding carboxylic acids is 1. The number of hydrogen-bond acceptors (Lipinski definition) is 3. The van der Waals surface area contributed by atoms with Gasteiger partial charge in [-0.25, -0.2) is 9.78 Å². The highest BCUT2D eigenvalue weighted by Crippen LogP contribution is 2.41. The Hall–Kier alpha value is -6.49. The number of halogens is 25. The molecule has 0 radical (unpaired) electrons. The molecule has 0 fully saturated rings. The van der Waals surface area contributed by atoms with Gasteiger partial charge in [0, 0.05) is 5.56 Å². The van der Waals surface area contributed by atoms with E-state index in [1.54, 1.807) is 12.4 Å². The van der Waals surface area contributed by atoms with Crippen molar-refractivity contribution in [3.8, 4) is 0 Å². The molecule has 0 spiro atoms. The van der Waals surface area contributed by atoms with Gasteiger partial charge in [-0.2, -0.15) is 132 Å². The lowest BCUT2D eigenvalue weighted by atomic mass is 9.12. The molecule has 4 nitrogen and oxygen atoms in total. The van der Waals surface area contributed by atoms with Crippen LogP contribution in [0.1, 0.15) is 60.6 Å². The second-order valence-electron chi connectivity index (χ2n) is 15.9. The number of benzene rings is 5. The Bertz CT molecular complexity index is 2570. The molecule has 0 aliphatic rings. The zero-order chi connectivity index (χ0) is 56.7. The van der Waals surface area contributed by atoms with E-state index in [1.807, 2.05) is 41.1 Å². The van der Waals surface area contributed by atoms with Gasteiger partial charge in [-0.1, -0.05) is 78.9 Å². The number of hydrogen-bond donors (Lipinski definition) is 0. The maximum absolute atomic E-state index is 14.2. The molecule has 75 heavy (non-hydrogen) atoms. The third kappa shape index (κ3) is 14.3. The van der Waals surface area contributed by atoms with E-state index in [0.717, 1.165) is 5.56 Å². The molecule has 1 heterocycles. The summed E-state index contributed by atoms with van der Waals surface area (Å²) < 4.78 is 348. The van der Waals surface area contributed by atoms with E-state index in [1.165, 1.54) is 0 Å². The van der Waals surface area contributed by atoms with Gasteiger partial charge in [0.15, 0.2) is 12.7 Å². The third-order valence-electron chi connectivity index (χ3n) is 10.8. The van der Waals surface area contributed by atoms with Gasteiger partial charge >= 0.3 is 55.4 Å². The first-order valence-electron chi connectivity index (χ1n) is 20.0. The van der Waals surface area contributed by atoms with E-state index in [-0.39, 0.29) is 5.52 Å². The maximum atomic E-state index is 14.2. The molecule has 0 aliphatic heterocycles. The van der Waals surface area contributed by atoms with Crippen LogP contribution in [0.25, 0.3) is 0 Å². The predicted molar refractivity (Wildman–Crippen MR) is 219 cm³/mol. The minimum atomic E-state index is -6.13. The molecule has 0 saturated carbocycles. The summed E-state index contributed by atoms with van der Waals surface area (Å²) in [5, 5.41) is 0. The van der Waals surface area contributed by atoms with Crippen molar-refractivity contribution in [1.82, 2.24) is 4.98 Å². The third-order valence-corrected chi connectivity index (χ3v) is 11.0. The Balaban J connectivity index is 0.000000483. The number of nitrogens with zero attached hydrogens (tertiary/aromatic N) is 2. The fourth-order valence-corrected chi connectivity index (χ4v) is 7.83. The molecular weight excluding hydrogens is 1150 g/mol. The highest BCUT2D eigenvalue weighted by molar-refractivity contribution is 9.09. The Morgan fingerprint density at radius 3 is 0.947 bits per heavy atom. The molecule has 0 bridgehead atoms. The maximum Gasteiger partial charge on any atom is 0.416 e. The number of rotatable bonds is 8. The summed E-state index contributed by atoms with van der Waals surface area (Å²) in [5.41, 5.74) is -28.6. The smallest absolute Gasteiger partial charge is 0.416 e. The van der Waals surface area contributed by atoms with Crippen molar-refractivity contribution >= 4 is 49.9 Å². The molecule has 1 aromatic heterocycles. The SMILES string of the molecule is FC(F)(F)c1cc([B-](c2cc(C(F)(F)F)cc(C(F)(F)F)c2)(c2cc(C(F)(F)F)cc(C(F)(F)F)c2)c2cc(C(F)(F)F)cc(C(F)(F)F)c2)cc(C(F)(F)F)c1.O=C(OCBr)c1c[n+](Cc2ccccc2)ccn1. The Morgan fingerprint density at radius 2 is 0.707 bits per heavy atom. The normalized spacial score (nSPS) is 13.3. The first-order chi connectivity index (χ1) is 34.1. The monoisotopic (exact) mass is 1170 g/mol. The Kier molecular flexibility index (Phi) is 16.6. The van der Waals surface area contributed by atoms with Crippen molar-refractivity contribution in [1.29, 1.82) is 0 Å². The molecule has 5 aromatic carbocycles. The highest BCUT2D eigenvalue weighted by atomic mass is 79.9. The van der Waals surface area contributed by atoms with Crippen LogP contribution in [-0.2, 0) is 60.7 Å². The summed E-state index contributed by atoms with van der Waals surface area (Å²) >= 11 is 3.04. The molecule has 30 heteroatoms. The van der Waals surface area contributed by atoms with Gasteiger partial charge in [-0.3, -0.25) is 0 Å². The molecule has 0 amide bonds. The number of ether oxygens (including phenoxy) is 1. The summed E-state index contributed by atoms with van der Waals surface area (Å²) in [6.07, 6.45) is -49.7. The predicted octanol–water partition coefficient (Wildman–Crippen LogP) is 13.1. The molecular formula is C45H24BBrF24N2O2. The van der Waals surface area contributed by atoms with Gasteiger partial charge in [0.05, 0.1) is 50.7 Å². The number of carbonyl (C=O) groups is 1. The average Bonchev–Trinajstić information content (AvgIpc) is 3.27. The summed E-state index contributed by atoms with van der Waals surface area (Å²) in [5.74, 6) is -0.436. The van der Waals surface area contributed by atoms with Crippen molar-refractivity contribution in [2.75, 3.05) is 5.52 Å². The zero-order valence-electron chi connectivity index (χ0n) is 36.2. The van der Waals surface area contributed by atoms with Gasteiger partial charge in [0.2, 0.25) is 11.9 Å². The molecule has 0 unspecified atom stereocenters. The van der Waals surface area contributed by atoms with Gasteiger partial charge in [-0.15, -0.1) is 0 Å². The molecule has 404 valence electrons. The van der Waals surface area contributed by atoms with Gasteiger partial charge in [0.1, 0.15) is 11.7 Å². The first-order valence-corrected chi connectivity index (χ1v) is 21.2. The Morgan fingerprint density at radius 1 is 0.440 bits per heavy atom.